The normalized spacial score (nSPS) is 52.2. The molecule has 0 aliphatic heterocycles. The average molecular weight is 469 g/mol. The summed E-state index contributed by atoms with van der Waals surface area (Å²) in [5.41, 5.74) is 3.28. The van der Waals surface area contributed by atoms with E-state index in [0.717, 1.165) is 17.8 Å². The lowest BCUT2D eigenvalue weighted by atomic mass is 9.31. The molecule has 34 heavy (non-hydrogen) atoms. The lowest BCUT2D eigenvalue weighted by Gasteiger charge is -2.73. The molecule has 0 amide bonds. The zero-order chi connectivity index (χ0) is 24.7. The molecule has 0 bridgehead atoms. The summed E-state index contributed by atoms with van der Waals surface area (Å²) < 4.78 is 6.03. The summed E-state index contributed by atoms with van der Waals surface area (Å²) in [5.74, 6) is 3.75. The van der Waals surface area contributed by atoms with Gasteiger partial charge in [-0.1, -0.05) is 53.2 Å². The maximum atomic E-state index is 12.1. The summed E-state index contributed by atoms with van der Waals surface area (Å²) >= 11 is 0. The van der Waals surface area contributed by atoms with Crippen molar-refractivity contribution in [2.45, 2.75) is 120 Å². The van der Waals surface area contributed by atoms with E-state index >= 15 is 0 Å². The fraction of sp³-hybridized carbons (Fsp3) is 0.906. The molecule has 2 nitrogen and oxygen atoms in total. The molecule has 5 rings (SSSR count). The van der Waals surface area contributed by atoms with Crippen molar-refractivity contribution in [3.05, 3.63) is 11.6 Å². The molecule has 0 aromatic heterocycles. The second-order valence-corrected chi connectivity index (χ2v) is 14.9. The summed E-state index contributed by atoms with van der Waals surface area (Å²) in [6.45, 7) is 20.2. The van der Waals surface area contributed by atoms with E-state index in [1.54, 1.807) is 12.5 Å². The van der Waals surface area contributed by atoms with Crippen molar-refractivity contribution in [1.29, 1.82) is 0 Å². The molecule has 2 heteroatoms. The first-order valence-corrected chi connectivity index (χ1v) is 14.7. The molecule has 5 aliphatic rings. The third-order valence-electron chi connectivity index (χ3n) is 13.8. The number of hydrogen-bond acceptors (Lipinski definition) is 2. The van der Waals surface area contributed by atoms with Gasteiger partial charge in [0.15, 0.2) is 0 Å². The van der Waals surface area contributed by atoms with E-state index in [1.165, 1.54) is 64.2 Å². The Labute approximate surface area is 210 Å². The van der Waals surface area contributed by atoms with Crippen LogP contribution in [0.4, 0.5) is 0 Å². The van der Waals surface area contributed by atoms with Gasteiger partial charge in [0, 0.05) is 12.3 Å². The van der Waals surface area contributed by atoms with Crippen LogP contribution in [-0.4, -0.2) is 12.6 Å². The minimum Gasteiger partial charge on any atom is -0.465 e. The Bertz CT molecular complexity index is 872. The van der Waals surface area contributed by atoms with Crippen LogP contribution in [0.3, 0.4) is 0 Å². The lowest BCUT2D eigenvalue weighted by Crippen LogP contribution is -2.67. The van der Waals surface area contributed by atoms with Crippen LogP contribution in [0.1, 0.15) is 120 Å². The predicted octanol–water partition coefficient (Wildman–Crippen LogP) is 8.60. The number of carbonyl (C=O) groups is 1. The van der Waals surface area contributed by atoms with Gasteiger partial charge in [0.25, 0.3) is 0 Å². The number of hydrogen-bond donors (Lipinski definition) is 0. The first kappa shape index (κ1) is 24.9. The van der Waals surface area contributed by atoms with Gasteiger partial charge in [0.2, 0.25) is 0 Å². The Balaban J connectivity index is 1.58. The topological polar surface area (TPSA) is 26.3 Å². The van der Waals surface area contributed by atoms with Crippen LogP contribution in [0.2, 0.25) is 0 Å². The van der Waals surface area contributed by atoms with Gasteiger partial charge in [-0.25, -0.2) is 0 Å². The van der Waals surface area contributed by atoms with E-state index in [1.807, 2.05) is 0 Å². The zero-order valence-electron chi connectivity index (χ0n) is 23.6. The van der Waals surface area contributed by atoms with E-state index < -0.39 is 0 Å². The quantitative estimate of drug-likeness (QED) is 0.306. The van der Waals surface area contributed by atoms with Crippen LogP contribution in [0.25, 0.3) is 0 Å². The van der Waals surface area contributed by atoms with E-state index in [9.17, 15) is 4.79 Å². The summed E-state index contributed by atoms with van der Waals surface area (Å²) in [7, 11) is 0. The number of carbonyl (C=O) groups excluding carboxylic acids is 1. The SMILES string of the molecule is CC(=O)OC[C@@]12CC[C@@]3(C)[C@@H]4CC[C@H](C(C)C)[C@@]4(C)CC[C@]3(C)[C@@H]1CC[C@]1(C)C(C)=CCC[C@@H]21. The summed E-state index contributed by atoms with van der Waals surface area (Å²) in [6, 6.07) is 0. The van der Waals surface area contributed by atoms with Crippen LogP contribution in [-0.2, 0) is 9.53 Å². The van der Waals surface area contributed by atoms with Crippen LogP contribution in [0.15, 0.2) is 11.6 Å². The van der Waals surface area contributed by atoms with Gasteiger partial charge in [-0.15, -0.1) is 0 Å². The molecule has 0 spiro atoms. The molecule has 4 saturated carbocycles. The summed E-state index contributed by atoms with van der Waals surface area (Å²) in [4.78, 5) is 12.1. The van der Waals surface area contributed by atoms with Gasteiger partial charge < -0.3 is 4.74 Å². The van der Waals surface area contributed by atoms with Crippen LogP contribution in [0, 0.1) is 56.7 Å². The monoisotopic (exact) mass is 468 g/mol. The van der Waals surface area contributed by atoms with E-state index in [-0.39, 0.29) is 16.8 Å². The molecule has 0 aromatic rings. The van der Waals surface area contributed by atoms with Crippen molar-refractivity contribution in [2.75, 3.05) is 6.61 Å². The van der Waals surface area contributed by atoms with Gasteiger partial charge in [-0.3, -0.25) is 4.79 Å². The largest absolute Gasteiger partial charge is 0.465 e. The van der Waals surface area contributed by atoms with E-state index in [2.05, 4.69) is 54.5 Å². The highest BCUT2D eigenvalue weighted by molar-refractivity contribution is 5.66. The number of ether oxygens (including phenoxy) is 1. The molecule has 0 unspecified atom stereocenters. The fourth-order valence-electron chi connectivity index (χ4n) is 11.9. The number of fused-ring (bicyclic) bond motifs is 7. The Morgan fingerprint density at radius 2 is 1.59 bits per heavy atom. The second-order valence-electron chi connectivity index (χ2n) is 14.9. The average Bonchev–Trinajstić information content (AvgIpc) is 3.13. The third-order valence-corrected chi connectivity index (χ3v) is 13.8. The van der Waals surface area contributed by atoms with Gasteiger partial charge in [0.05, 0.1) is 6.61 Å². The molecule has 0 radical (unpaired) electrons. The van der Waals surface area contributed by atoms with Gasteiger partial charge >= 0.3 is 5.97 Å². The van der Waals surface area contributed by atoms with Crippen LogP contribution in [0.5, 0.6) is 0 Å². The van der Waals surface area contributed by atoms with Crippen molar-refractivity contribution >= 4 is 5.97 Å². The molecule has 0 saturated heterocycles. The minimum atomic E-state index is -0.0891. The molecule has 9 atom stereocenters. The maximum Gasteiger partial charge on any atom is 0.302 e. The van der Waals surface area contributed by atoms with Gasteiger partial charge in [-0.05, 0) is 122 Å². The van der Waals surface area contributed by atoms with E-state index in [0.29, 0.717) is 34.7 Å². The Morgan fingerprint density at radius 1 is 0.912 bits per heavy atom. The summed E-state index contributed by atoms with van der Waals surface area (Å²) in [6.07, 6.45) is 15.8. The molecule has 192 valence electrons. The van der Waals surface area contributed by atoms with Crippen molar-refractivity contribution in [3.63, 3.8) is 0 Å². The smallest absolute Gasteiger partial charge is 0.302 e. The highest BCUT2D eigenvalue weighted by Gasteiger charge is 2.72. The first-order valence-electron chi connectivity index (χ1n) is 14.7. The lowest BCUT2D eigenvalue weighted by molar-refractivity contribution is -0.251. The highest BCUT2D eigenvalue weighted by Crippen LogP contribution is 2.79. The second kappa shape index (κ2) is 7.85. The maximum absolute atomic E-state index is 12.1. The molecule has 0 heterocycles. The van der Waals surface area contributed by atoms with Crippen molar-refractivity contribution in [3.8, 4) is 0 Å². The van der Waals surface area contributed by atoms with E-state index in [4.69, 9.17) is 4.74 Å². The molecule has 4 fully saturated rings. The highest BCUT2D eigenvalue weighted by atomic mass is 16.5. The molecular formula is C32H52O2. The Hall–Kier alpha value is -0.790. The molecule has 0 N–H and O–H groups in total. The Morgan fingerprint density at radius 3 is 2.26 bits per heavy atom. The Kier molecular flexibility index (Phi) is 5.75. The number of allylic oxidation sites excluding steroid dienone is 2. The standard InChI is InChI=1S/C32H52O2/c1-21(2)24-12-13-25-29(24,6)16-17-31(8)27-14-15-28(5)22(3)10-9-11-26(28)32(27,20-34-23(4)33)19-18-30(25,31)7/h10,21,24-27H,9,11-20H2,1-8H3/t24-,25-,26-,27+,28-,29-,30+,31-,32-/m1/s1. The number of rotatable bonds is 3. The fourth-order valence-corrected chi connectivity index (χ4v) is 11.9. The molecule has 0 aromatic carbocycles. The number of esters is 1. The van der Waals surface area contributed by atoms with Crippen LogP contribution < -0.4 is 0 Å². The van der Waals surface area contributed by atoms with Gasteiger partial charge in [-0.2, -0.15) is 0 Å². The zero-order valence-corrected chi connectivity index (χ0v) is 23.6. The first-order chi connectivity index (χ1) is 15.9. The van der Waals surface area contributed by atoms with Crippen LogP contribution >= 0.6 is 0 Å². The minimum absolute atomic E-state index is 0.0891. The van der Waals surface area contributed by atoms with Crippen molar-refractivity contribution < 1.29 is 9.53 Å². The third kappa shape index (κ3) is 3.01. The summed E-state index contributed by atoms with van der Waals surface area (Å²) in [5, 5.41) is 0. The van der Waals surface area contributed by atoms with Crippen molar-refractivity contribution in [2.24, 2.45) is 56.7 Å². The predicted molar refractivity (Wildman–Crippen MR) is 140 cm³/mol. The van der Waals surface area contributed by atoms with Gasteiger partial charge in [0.1, 0.15) is 0 Å². The van der Waals surface area contributed by atoms with Crippen molar-refractivity contribution in [1.82, 2.24) is 0 Å². The molecule has 5 aliphatic carbocycles. The molecular weight excluding hydrogens is 416 g/mol.